The highest BCUT2D eigenvalue weighted by molar-refractivity contribution is 5.47. The maximum Gasteiger partial charge on any atom is 0.0631 e. The molecule has 0 saturated heterocycles. The SMILES string of the molecule is CC(C)N1N=N[N-]N1c1ccccc1. The molecule has 5 heteroatoms. The second kappa shape index (κ2) is 3.53. The van der Waals surface area contributed by atoms with Gasteiger partial charge < -0.3 is 0 Å². The number of hydrogen-bond donors (Lipinski definition) is 0. The van der Waals surface area contributed by atoms with E-state index < -0.39 is 0 Å². The topological polar surface area (TPSA) is 45.3 Å². The number of rotatable bonds is 2. The third-order valence-corrected chi connectivity index (χ3v) is 1.90. The van der Waals surface area contributed by atoms with Gasteiger partial charge in [0.15, 0.2) is 0 Å². The van der Waals surface area contributed by atoms with Gasteiger partial charge in [0, 0.05) is 6.04 Å². The van der Waals surface area contributed by atoms with E-state index in [0.717, 1.165) is 5.69 Å². The lowest BCUT2D eigenvalue weighted by molar-refractivity contribution is 0.238. The molecule has 1 aliphatic rings. The van der Waals surface area contributed by atoms with E-state index in [4.69, 9.17) is 0 Å². The first-order chi connectivity index (χ1) is 6.79. The monoisotopic (exact) mass is 190 g/mol. The zero-order valence-corrected chi connectivity index (χ0v) is 8.20. The molecule has 0 aromatic heterocycles. The lowest BCUT2D eigenvalue weighted by Gasteiger charge is -2.36. The normalized spacial score (nSPS) is 15.1. The molecule has 0 spiro atoms. The molecule has 0 aliphatic carbocycles. The molecule has 2 rings (SSSR count). The van der Waals surface area contributed by atoms with E-state index in [9.17, 15) is 0 Å². The fraction of sp³-hybridized carbons (Fsp3) is 0.333. The first kappa shape index (κ1) is 8.80. The van der Waals surface area contributed by atoms with Gasteiger partial charge in [0.1, 0.15) is 0 Å². The highest BCUT2D eigenvalue weighted by Crippen LogP contribution is 2.26. The minimum absolute atomic E-state index is 0.241. The molecule has 1 aromatic carbocycles. The Balaban J connectivity index is 2.20. The molecule has 0 atom stereocenters. The average Bonchev–Trinajstić information content (AvgIpc) is 2.67. The van der Waals surface area contributed by atoms with Crippen molar-refractivity contribution in [1.82, 2.24) is 5.12 Å². The molecule has 0 radical (unpaired) electrons. The van der Waals surface area contributed by atoms with Crippen LogP contribution in [0.15, 0.2) is 40.8 Å². The van der Waals surface area contributed by atoms with Gasteiger partial charge in [-0.2, -0.15) is 0 Å². The zero-order valence-electron chi connectivity index (χ0n) is 8.20. The number of hydrogen-bond acceptors (Lipinski definition) is 4. The van der Waals surface area contributed by atoms with Crippen LogP contribution >= 0.6 is 0 Å². The molecule has 1 aromatic rings. The molecule has 14 heavy (non-hydrogen) atoms. The first-order valence-electron chi connectivity index (χ1n) is 4.55. The molecule has 1 aliphatic heterocycles. The van der Waals surface area contributed by atoms with Crippen molar-refractivity contribution >= 4 is 5.69 Å². The molecule has 0 saturated carbocycles. The van der Waals surface area contributed by atoms with Gasteiger partial charge in [-0.05, 0) is 26.0 Å². The molecule has 5 nitrogen and oxygen atoms in total. The maximum absolute atomic E-state index is 3.93. The van der Waals surface area contributed by atoms with Crippen LogP contribution in [0.2, 0.25) is 0 Å². The third kappa shape index (κ3) is 1.48. The van der Waals surface area contributed by atoms with Crippen LogP contribution in [-0.4, -0.2) is 11.2 Å². The van der Waals surface area contributed by atoms with E-state index in [2.05, 4.69) is 16.0 Å². The number of anilines is 1. The molecule has 0 unspecified atom stereocenters. The maximum atomic E-state index is 3.93. The average molecular weight is 190 g/mol. The molecular weight excluding hydrogens is 178 g/mol. The molecule has 0 N–H and O–H groups in total. The molecule has 0 bridgehead atoms. The van der Waals surface area contributed by atoms with Gasteiger partial charge >= 0.3 is 0 Å². The van der Waals surface area contributed by atoms with Gasteiger partial charge in [0.05, 0.1) is 5.69 Å². The summed E-state index contributed by atoms with van der Waals surface area (Å²) in [5, 5.41) is 11.0. The van der Waals surface area contributed by atoms with Crippen molar-refractivity contribution in [2.45, 2.75) is 19.9 Å². The summed E-state index contributed by atoms with van der Waals surface area (Å²) in [5.41, 5.74) is 4.89. The molecule has 0 fully saturated rings. The van der Waals surface area contributed by atoms with E-state index in [1.165, 1.54) is 0 Å². The van der Waals surface area contributed by atoms with Gasteiger partial charge in [0.2, 0.25) is 0 Å². The van der Waals surface area contributed by atoms with E-state index in [1.54, 1.807) is 10.2 Å². The fourth-order valence-corrected chi connectivity index (χ4v) is 1.23. The Morgan fingerprint density at radius 3 is 2.57 bits per heavy atom. The quantitative estimate of drug-likeness (QED) is 0.719. The Labute approximate surface area is 82.9 Å². The number of benzene rings is 1. The standard InChI is InChI=1S/C9H12N5/c1-8(2)13-11-10-12-14(13)9-6-4-3-5-7-9/h3-8H,1-2H3/q-1. The molecular formula is C9H12N5-. The smallest absolute Gasteiger partial charge is 0.0631 e. The van der Waals surface area contributed by atoms with Gasteiger partial charge in [-0.15, -0.1) is 0 Å². The Kier molecular flexibility index (Phi) is 2.22. The van der Waals surface area contributed by atoms with E-state index in [1.807, 2.05) is 44.2 Å². The summed E-state index contributed by atoms with van der Waals surface area (Å²) in [5.74, 6) is 0. The Morgan fingerprint density at radius 1 is 1.21 bits per heavy atom. The zero-order chi connectivity index (χ0) is 9.97. The first-order valence-corrected chi connectivity index (χ1v) is 4.55. The summed E-state index contributed by atoms with van der Waals surface area (Å²) >= 11 is 0. The minimum Gasteiger partial charge on any atom is -0.274 e. The van der Waals surface area contributed by atoms with Gasteiger partial charge in [-0.3, -0.25) is 15.9 Å². The summed E-state index contributed by atoms with van der Waals surface area (Å²) in [7, 11) is 0. The number of para-hydroxylation sites is 1. The van der Waals surface area contributed by atoms with Crippen LogP contribution < -0.4 is 5.12 Å². The predicted molar refractivity (Wildman–Crippen MR) is 54.1 cm³/mol. The van der Waals surface area contributed by atoms with Crippen LogP contribution in [0.5, 0.6) is 0 Å². The van der Waals surface area contributed by atoms with Gasteiger partial charge in [0.25, 0.3) is 0 Å². The second-order valence-corrected chi connectivity index (χ2v) is 3.31. The molecule has 74 valence electrons. The highest BCUT2D eigenvalue weighted by Gasteiger charge is 2.13. The van der Waals surface area contributed by atoms with Crippen LogP contribution in [0.3, 0.4) is 0 Å². The van der Waals surface area contributed by atoms with E-state index in [0.29, 0.717) is 0 Å². The van der Waals surface area contributed by atoms with Crippen LogP contribution in [0, 0.1) is 0 Å². The Bertz CT molecular complexity index is 321. The van der Waals surface area contributed by atoms with Crippen molar-refractivity contribution in [3.05, 3.63) is 35.9 Å². The summed E-state index contributed by atoms with van der Waals surface area (Å²) in [6.45, 7) is 4.08. The van der Waals surface area contributed by atoms with E-state index in [-0.39, 0.29) is 6.04 Å². The summed E-state index contributed by atoms with van der Waals surface area (Å²) in [6, 6.07) is 10.1. The minimum atomic E-state index is 0.241. The Hall–Kier alpha value is -1.78. The van der Waals surface area contributed by atoms with Crippen molar-refractivity contribution in [1.29, 1.82) is 0 Å². The number of hydrazine groups is 1. The van der Waals surface area contributed by atoms with Crippen LogP contribution in [0.4, 0.5) is 5.69 Å². The largest absolute Gasteiger partial charge is 0.274 e. The van der Waals surface area contributed by atoms with Crippen LogP contribution in [0.1, 0.15) is 13.8 Å². The molecule has 1 heterocycles. The summed E-state index contributed by atoms with van der Waals surface area (Å²) in [4.78, 5) is 0. The van der Waals surface area contributed by atoms with Crippen molar-refractivity contribution in [2.75, 3.05) is 5.12 Å². The van der Waals surface area contributed by atoms with Crippen molar-refractivity contribution in [3.63, 3.8) is 0 Å². The lowest BCUT2D eigenvalue weighted by atomic mass is 10.3. The molecule has 0 amide bonds. The highest BCUT2D eigenvalue weighted by atomic mass is 16.0. The summed E-state index contributed by atoms with van der Waals surface area (Å²) < 4.78 is 0. The van der Waals surface area contributed by atoms with Crippen LogP contribution in [0.25, 0.3) is 5.53 Å². The predicted octanol–water partition coefficient (Wildman–Crippen LogP) is 2.70. The van der Waals surface area contributed by atoms with Crippen molar-refractivity contribution in [3.8, 4) is 0 Å². The second-order valence-electron chi connectivity index (χ2n) is 3.31. The number of nitrogens with zero attached hydrogens (tertiary/aromatic N) is 5. The van der Waals surface area contributed by atoms with Crippen LogP contribution in [-0.2, 0) is 0 Å². The van der Waals surface area contributed by atoms with E-state index >= 15 is 0 Å². The Morgan fingerprint density at radius 2 is 1.93 bits per heavy atom. The summed E-state index contributed by atoms with van der Waals surface area (Å²) in [6.07, 6.45) is 0. The van der Waals surface area contributed by atoms with Crippen molar-refractivity contribution < 1.29 is 0 Å². The fourth-order valence-electron chi connectivity index (χ4n) is 1.23. The van der Waals surface area contributed by atoms with Crippen molar-refractivity contribution in [2.24, 2.45) is 10.4 Å². The third-order valence-electron chi connectivity index (χ3n) is 1.90. The lowest BCUT2D eigenvalue weighted by Crippen LogP contribution is -2.36. The van der Waals surface area contributed by atoms with Gasteiger partial charge in [-0.25, -0.2) is 10.3 Å². The van der Waals surface area contributed by atoms with Gasteiger partial charge in [-0.1, -0.05) is 18.2 Å².